The summed E-state index contributed by atoms with van der Waals surface area (Å²) in [7, 11) is 0. The Morgan fingerprint density at radius 3 is 2.62 bits per heavy atom. The molecule has 1 N–H and O–H groups in total. The number of nitro groups is 1. The highest BCUT2D eigenvalue weighted by Crippen LogP contribution is 2.63. The fourth-order valence-electron chi connectivity index (χ4n) is 4.11. The van der Waals surface area contributed by atoms with Crippen LogP contribution in [0.5, 0.6) is 0 Å². The van der Waals surface area contributed by atoms with Crippen molar-refractivity contribution in [1.82, 2.24) is 10.2 Å². The summed E-state index contributed by atoms with van der Waals surface area (Å²) in [6, 6.07) is -0.652. The number of hydrogen-bond acceptors (Lipinski definition) is 4. The number of amides is 2. The molecule has 0 radical (unpaired) electrons. The van der Waals surface area contributed by atoms with Crippen molar-refractivity contribution < 1.29 is 14.5 Å². The normalized spacial score (nSPS) is 40.2. The molecule has 4 rings (SSSR count). The van der Waals surface area contributed by atoms with Crippen LogP contribution in [-0.2, 0) is 9.59 Å². The first kappa shape index (κ1) is 13.0. The Hall–Kier alpha value is -1.66. The smallest absolute Gasteiger partial charge is 0.233 e. The summed E-state index contributed by atoms with van der Waals surface area (Å²) >= 11 is 0. The van der Waals surface area contributed by atoms with E-state index in [0.717, 1.165) is 19.3 Å². The van der Waals surface area contributed by atoms with Crippen LogP contribution in [0, 0.1) is 27.4 Å². The molecular weight excluding hydrogens is 274 g/mol. The summed E-state index contributed by atoms with van der Waals surface area (Å²) in [5, 5.41) is 13.6. The van der Waals surface area contributed by atoms with E-state index in [1.807, 2.05) is 0 Å². The average molecular weight is 293 g/mol. The molecular formula is C14H19N3O4. The summed E-state index contributed by atoms with van der Waals surface area (Å²) in [5.74, 6) is 0.197. The number of nitrogens with one attached hydrogen (secondary N) is 1. The molecule has 1 saturated heterocycles. The van der Waals surface area contributed by atoms with Gasteiger partial charge in [-0.2, -0.15) is 0 Å². The van der Waals surface area contributed by atoms with Gasteiger partial charge in [0.2, 0.25) is 17.9 Å². The second kappa shape index (κ2) is 4.18. The Morgan fingerprint density at radius 2 is 2.10 bits per heavy atom. The van der Waals surface area contributed by atoms with Gasteiger partial charge in [-0.3, -0.25) is 19.7 Å². The summed E-state index contributed by atoms with van der Waals surface area (Å²) in [6.45, 7) is 1.01. The van der Waals surface area contributed by atoms with Crippen LogP contribution in [-0.4, -0.2) is 46.8 Å². The maximum Gasteiger partial charge on any atom is 0.233 e. The van der Waals surface area contributed by atoms with Gasteiger partial charge in [-0.1, -0.05) is 6.42 Å². The van der Waals surface area contributed by atoms with Crippen molar-refractivity contribution in [2.24, 2.45) is 17.3 Å². The van der Waals surface area contributed by atoms with Crippen molar-refractivity contribution in [3.63, 3.8) is 0 Å². The maximum atomic E-state index is 12.3. The molecule has 2 amide bonds. The molecule has 0 unspecified atom stereocenters. The SMILES string of the molecule is O=C([C@@H]1C[C@H]1[N+](=O)[O-])N1CC(NC(=O)[C@@]23CCC[C@@H]2C3)C1. The van der Waals surface area contributed by atoms with Gasteiger partial charge in [0.15, 0.2) is 0 Å². The van der Waals surface area contributed by atoms with Crippen molar-refractivity contribution in [3.05, 3.63) is 10.1 Å². The Kier molecular flexibility index (Phi) is 2.59. The predicted molar refractivity (Wildman–Crippen MR) is 71.8 cm³/mol. The van der Waals surface area contributed by atoms with Crippen LogP contribution in [0.15, 0.2) is 0 Å². The third-order valence-corrected chi connectivity index (χ3v) is 5.73. The van der Waals surface area contributed by atoms with Crippen LogP contribution in [0.25, 0.3) is 0 Å². The molecule has 0 aromatic heterocycles. The van der Waals surface area contributed by atoms with E-state index < -0.39 is 12.0 Å². The largest absolute Gasteiger partial charge is 0.349 e. The number of carbonyl (C=O) groups is 2. The Balaban J connectivity index is 1.24. The molecule has 4 aliphatic rings. The lowest BCUT2D eigenvalue weighted by Crippen LogP contribution is -2.62. The Morgan fingerprint density at radius 1 is 1.33 bits per heavy atom. The van der Waals surface area contributed by atoms with Crippen LogP contribution in [0.1, 0.15) is 32.1 Å². The molecule has 0 aromatic rings. The lowest BCUT2D eigenvalue weighted by Gasteiger charge is -2.40. The molecule has 3 saturated carbocycles. The first-order valence-electron chi connectivity index (χ1n) is 7.74. The molecule has 114 valence electrons. The lowest BCUT2D eigenvalue weighted by atomic mass is 10.0. The van der Waals surface area contributed by atoms with E-state index in [-0.39, 0.29) is 28.2 Å². The van der Waals surface area contributed by atoms with Gasteiger partial charge in [0.05, 0.1) is 11.5 Å². The zero-order valence-electron chi connectivity index (χ0n) is 11.8. The Labute approximate surface area is 122 Å². The van der Waals surface area contributed by atoms with Gasteiger partial charge in [-0.05, 0) is 25.2 Å². The van der Waals surface area contributed by atoms with Crippen LogP contribution in [0.2, 0.25) is 0 Å². The number of nitrogens with zero attached hydrogens (tertiary/aromatic N) is 2. The van der Waals surface area contributed by atoms with E-state index in [1.165, 1.54) is 6.42 Å². The van der Waals surface area contributed by atoms with E-state index >= 15 is 0 Å². The van der Waals surface area contributed by atoms with Gasteiger partial charge >= 0.3 is 0 Å². The molecule has 4 fully saturated rings. The first-order chi connectivity index (χ1) is 10.0. The maximum absolute atomic E-state index is 12.3. The van der Waals surface area contributed by atoms with Crippen molar-refractivity contribution in [1.29, 1.82) is 0 Å². The van der Waals surface area contributed by atoms with Crippen LogP contribution < -0.4 is 5.32 Å². The zero-order chi connectivity index (χ0) is 14.8. The molecule has 21 heavy (non-hydrogen) atoms. The van der Waals surface area contributed by atoms with Gasteiger partial charge in [0, 0.05) is 24.4 Å². The van der Waals surface area contributed by atoms with Gasteiger partial charge in [-0.15, -0.1) is 0 Å². The lowest BCUT2D eigenvalue weighted by molar-refractivity contribution is -0.497. The minimum absolute atomic E-state index is 0.0329. The van der Waals surface area contributed by atoms with Gasteiger partial charge in [0.25, 0.3) is 0 Å². The predicted octanol–water partition coefficient (Wildman–Crippen LogP) is 0.169. The standard InChI is InChI=1S/C14H19N3O4/c18-12(10-4-11(10)17(20)21)16-6-9(7-16)15-13(19)14-3-1-2-8(14)5-14/h8-11H,1-7H2,(H,15,19)/t8-,10-,11-,14-/m1/s1. The summed E-state index contributed by atoms with van der Waals surface area (Å²) in [4.78, 5) is 36.1. The molecule has 1 aliphatic heterocycles. The summed E-state index contributed by atoms with van der Waals surface area (Å²) < 4.78 is 0. The molecule has 0 bridgehead atoms. The quantitative estimate of drug-likeness (QED) is 0.590. The molecule has 0 spiro atoms. The minimum Gasteiger partial charge on any atom is -0.349 e. The third kappa shape index (κ3) is 1.93. The van der Waals surface area contributed by atoms with Gasteiger partial charge in [0.1, 0.15) is 5.92 Å². The molecule has 7 heteroatoms. The van der Waals surface area contributed by atoms with Gasteiger partial charge in [-0.25, -0.2) is 0 Å². The van der Waals surface area contributed by atoms with Crippen molar-refractivity contribution in [2.45, 2.75) is 44.2 Å². The second-order valence-electron chi connectivity index (χ2n) is 7.06. The van der Waals surface area contributed by atoms with Crippen LogP contribution in [0.4, 0.5) is 0 Å². The van der Waals surface area contributed by atoms with E-state index in [9.17, 15) is 19.7 Å². The fraction of sp³-hybridized carbons (Fsp3) is 0.857. The topological polar surface area (TPSA) is 92.5 Å². The summed E-state index contributed by atoms with van der Waals surface area (Å²) in [6.07, 6.45) is 4.72. The van der Waals surface area contributed by atoms with Crippen molar-refractivity contribution in [3.8, 4) is 0 Å². The van der Waals surface area contributed by atoms with E-state index in [2.05, 4.69) is 5.32 Å². The highest BCUT2D eigenvalue weighted by atomic mass is 16.6. The molecule has 7 nitrogen and oxygen atoms in total. The number of carbonyl (C=O) groups excluding carboxylic acids is 2. The highest BCUT2D eigenvalue weighted by molar-refractivity contribution is 5.87. The highest BCUT2D eigenvalue weighted by Gasteiger charge is 2.62. The van der Waals surface area contributed by atoms with Gasteiger partial charge < -0.3 is 10.2 Å². The number of likely N-dealkylation sites (tertiary alicyclic amines) is 1. The third-order valence-electron chi connectivity index (χ3n) is 5.73. The Bertz CT molecular complexity index is 530. The number of hydrogen-bond donors (Lipinski definition) is 1. The van der Waals surface area contributed by atoms with Crippen LogP contribution >= 0.6 is 0 Å². The van der Waals surface area contributed by atoms with Crippen molar-refractivity contribution in [2.75, 3.05) is 13.1 Å². The van der Waals surface area contributed by atoms with E-state index in [1.54, 1.807) is 4.90 Å². The number of fused-ring (bicyclic) bond motifs is 1. The van der Waals surface area contributed by atoms with Crippen LogP contribution in [0.3, 0.4) is 0 Å². The number of rotatable bonds is 4. The molecule has 0 aromatic carbocycles. The minimum atomic E-state index is -0.684. The zero-order valence-corrected chi connectivity index (χ0v) is 11.8. The first-order valence-corrected chi connectivity index (χ1v) is 7.74. The molecule has 1 heterocycles. The van der Waals surface area contributed by atoms with E-state index in [4.69, 9.17) is 0 Å². The molecule has 4 atom stereocenters. The van der Waals surface area contributed by atoms with Crippen molar-refractivity contribution >= 4 is 11.8 Å². The molecule has 3 aliphatic carbocycles. The fourth-order valence-corrected chi connectivity index (χ4v) is 4.11. The van der Waals surface area contributed by atoms with E-state index in [0.29, 0.717) is 25.4 Å². The second-order valence-corrected chi connectivity index (χ2v) is 7.06. The monoisotopic (exact) mass is 293 g/mol. The summed E-state index contributed by atoms with van der Waals surface area (Å²) in [5.41, 5.74) is -0.0857. The average Bonchev–Trinajstić information content (AvgIpc) is 3.30.